The number of allylic oxidation sites excluding steroid dienone is 2. The summed E-state index contributed by atoms with van der Waals surface area (Å²) in [5, 5.41) is 0. The SMILES string of the molecule is COC1=C(COC(N)=O)C(F)(B2OC(C)(C)C(C)(C)O2)C(C)C(c2ccccc2)=C1. The lowest BCUT2D eigenvalue weighted by Gasteiger charge is -2.40. The first kappa shape index (κ1) is 22.4. The van der Waals surface area contributed by atoms with E-state index in [9.17, 15) is 4.79 Å². The van der Waals surface area contributed by atoms with Crippen molar-refractivity contribution in [2.75, 3.05) is 13.7 Å². The number of rotatable bonds is 5. The Bertz CT molecular complexity index is 867. The summed E-state index contributed by atoms with van der Waals surface area (Å²) < 4.78 is 39.9. The van der Waals surface area contributed by atoms with E-state index in [1.54, 1.807) is 13.0 Å². The van der Waals surface area contributed by atoms with Crippen molar-refractivity contribution in [3.05, 3.63) is 53.3 Å². The zero-order valence-electron chi connectivity index (χ0n) is 18.3. The Balaban J connectivity index is 2.16. The summed E-state index contributed by atoms with van der Waals surface area (Å²) >= 11 is 0. The van der Waals surface area contributed by atoms with Crippen molar-refractivity contribution >= 4 is 18.8 Å². The van der Waals surface area contributed by atoms with Crippen LogP contribution in [-0.2, 0) is 18.8 Å². The number of methoxy groups -OCH3 is 1. The van der Waals surface area contributed by atoms with Crippen LogP contribution in [0.15, 0.2) is 47.7 Å². The quantitative estimate of drug-likeness (QED) is 0.732. The van der Waals surface area contributed by atoms with Crippen molar-refractivity contribution < 1.29 is 28.0 Å². The number of alkyl halides is 1. The van der Waals surface area contributed by atoms with E-state index in [1.807, 2.05) is 58.0 Å². The summed E-state index contributed by atoms with van der Waals surface area (Å²) in [6.07, 6.45) is 0.766. The van der Waals surface area contributed by atoms with Gasteiger partial charge in [-0.1, -0.05) is 37.3 Å². The molecule has 1 amide bonds. The average Bonchev–Trinajstić information content (AvgIpc) is 2.91. The molecular formula is C22H29BFNO5. The van der Waals surface area contributed by atoms with Crippen LogP contribution in [0.1, 0.15) is 40.2 Å². The van der Waals surface area contributed by atoms with E-state index in [0.717, 1.165) is 11.1 Å². The first-order chi connectivity index (χ1) is 13.9. The van der Waals surface area contributed by atoms with Gasteiger partial charge in [-0.2, -0.15) is 0 Å². The number of primary amides is 1. The Morgan fingerprint density at radius 3 is 2.23 bits per heavy atom. The van der Waals surface area contributed by atoms with Gasteiger partial charge in [-0.15, -0.1) is 0 Å². The number of amides is 1. The van der Waals surface area contributed by atoms with Crippen molar-refractivity contribution in [2.45, 2.75) is 51.4 Å². The van der Waals surface area contributed by atoms with Crippen LogP contribution in [0, 0.1) is 5.92 Å². The summed E-state index contributed by atoms with van der Waals surface area (Å²) in [5.74, 6) is -0.426. The second-order valence-corrected chi connectivity index (χ2v) is 8.70. The minimum absolute atomic E-state index is 0.120. The van der Waals surface area contributed by atoms with Crippen LogP contribution in [0.3, 0.4) is 0 Å². The lowest BCUT2D eigenvalue weighted by Crippen LogP contribution is -2.54. The highest BCUT2D eigenvalue weighted by Gasteiger charge is 2.65. The van der Waals surface area contributed by atoms with Gasteiger partial charge in [0.2, 0.25) is 0 Å². The Labute approximate surface area is 177 Å². The first-order valence-corrected chi connectivity index (χ1v) is 9.95. The third-order valence-electron chi connectivity index (χ3n) is 6.43. The van der Waals surface area contributed by atoms with Gasteiger partial charge >= 0.3 is 13.2 Å². The molecule has 2 unspecified atom stereocenters. The molecule has 8 heteroatoms. The molecule has 2 atom stereocenters. The van der Waals surface area contributed by atoms with Gasteiger partial charge in [0.15, 0.2) is 5.57 Å². The highest BCUT2D eigenvalue weighted by Crippen LogP contribution is 2.51. The maximum atomic E-state index is 17.2. The highest BCUT2D eigenvalue weighted by molar-refractivity contribution is 6.51. The molecule has 0 bridgehead atoms. The minimum Gasteiger partial charge on any atom is -0.497 e. The van der Waals surface area contributed by atoms with Gasteiger partial charge in [0.1, 0.15) is 12.4 Å². The number of carbonyl (C=O) groups is 1. The molecule has 30 heavy (non-hydrogen) atoms. The Hall–Kier alpha value is -2.32. The maximum absolute atomic E-state index is 17.2. The largest absolute Gasteiger partial charge is 0.503 e. The Morgan fingerprint density at radius 2 is 1.73 bits per heavy atom. The highest BCUT2D eigenvalue weighted by atomic mass is 19.1. The van der Waals surface area contributed by atoms with Crippen molar-refractivity contribution in [3.63, 3.8) is 0 Å². The summed E-state index contributed by atoms with van der Waals surface area (Å²) in [5.41, 5.74) is 3.21. The van der Waals surface area contributed by atoms with Gasteiger partial charge in [0, 0.05) is 11.5 Å². The van der Waals surface area contributed by atoms with E-state index in [1.165, 1.54) is 7.11 Å². The second kappa shape index (κ2) is 7.74. The van der Waals surface area contributed by atoms with Crippen molar-refractivity contribution in [1.82, 2.24) is 0 Å². The fourth-order valence-corrected chi connectivity index (χ4v) is 3.86. The molecule has 0 radical (unpaired) electrons. The van der Waals surface area contributed by atoms with E-state index in [-0.39, 0.29) is 17.9 Å². The molecule has 6 nitrogen and oxygen atoms in total. The van der Waals surface area contributed by atoms with E-state index in [0.29, 0.717) is 0 Å². The van der Waals surface area contributed by atoms with Crippen LogP contribution in [0.4, 0.5) is 9.18 Å². The molecule has 1 aliphatic heterocycles. The molecule has 1 aromatic carbocycles. The molecule has 1 saturated heterocycles. The van der Waals surface area contributed by atoms with E-state index in [2.05, 4.69) is 0 Å². The third-order valence-corrected chi connectivity index (χ3v) is 6.43. The van der Waals surface area contributed by atoms with Crippen molar-refractivity contribution in [2.24, 2.45) is 11.7 Å². The van der Waals surface area contributed by atoms with Crippen LogP contribution < -0.4 is 5.73 Å². The van der Waals surface area contributed by atoms with Gasteiger partial charge in [-0.25, -0.2) is 9.18 Å². The first-order valence-electron chi connectivity index (χ1n) is 9.95. The average molecular weight is 417 g/mol. The van der Waals surface area contributed by atoms with Crippen molar-refractivity contribution in [3.8, 4) is 0 Å². The number of carbonyl (C=O) groups excluding carboxylic acids is 1. The Kier molecular flexibility index (Phi) is 5.77. The zero-order valence-corrected chi connectivity index (χ0v) is 18.3. The predicted octanol–water partition coefficient (Wildman–Crippen LogP) is 4.06. The molecule has 2 N–H and O–H groups in total. The lowest BCUT2D eigenvalue weighted by molar-refractivity contribution is 0.00578. The standard InChI is InChI=1S/C22H29BFNO5/c1-14-16(15-10-8-7-9-11-15)12-18(27-6)17(13-28-19(25)26)22(14,24)23-29-20(2,3)21(4,5)30-23/h7-12,14H,13H2,1-6H3,(H2,25,26). The van der Waals surface area contributed by atoms with Gasteiger partial charge < -0.3 is 24.5 Å². The predicted molar refractivity (Wildman–Crippen MR) is 113 cm³/mol. The normalized spacial score (nSPS) is 27.6. The monoisotopic (exact) mass is 417 g/mol. The minimum atomic E-state index is -2.16. The van der Waals surface area contributed by atoms with Gasteiger partial charge in [-0.05, 0) is 44.9 Å². The Morgan fingerprint density at radius 1 is 1.17 bits per heavy atom. The number of hydrogen-bond donors (Lipinski definition) is 1. The molecule has 0 spiro atoms. The summed E-state index contributed by atoms with van der Waals surface area (Å²) in [6.45, 7) is 8.83. The number of hydrogen-bond acceptors (Lipinski definition) is 5. The van der Waals surface area contributed by atoms with Gasteiger partial charge in [0.05, 0.1) is 18.3 Å². The third kappa shape index (κ3) is 3.63. The van der Waals surface area contributed by atoms with Crippen LogP contribution in [-0.4, -0.2) is 43.7 Å². The number of benzene rings is 1. The summed E-state index contributed by atoms with van der Waals surface area (Å²) in [6, 6.07) is 9.49. The van der Waals surface area contributed by atoms with E-state index >= 15 is 4.39 Å². The van der Waals surface area contributed by atoms with Crippen LogP contribution in [0.5, 0.6) is 0 Å². The molecule has 162 valence electrons. The van der Waals surface area contributed by atoms with Crippen molar-refractivity contribution in [1.29, 1.82) is 0 Å². The summed E-state index contributed by atoms with van der Waals surface area (Å²) in [7, 11) is 0.209. The maximum Gasteiger partial charge on any atom is 0.503 e. The van der Waals surface area contributed by atoms with Crippen LogP contribution >= 0.6 is 0 Å². The molecule has 3 rings (SSSR count). The van der Waals surface area contributed by atoms with E-state index < -0.39 is 35.9 Å². The lowest BCUT2D eigenvalue weighted by atomic mass is 9.54. The number of ether oxygens (including phenoxy) is 2. The molecule has 0 saturated carbocycles. The fourth-order valence-electron chi connectivity index (χ4n) is 3.86. The van der Waals surface area contributed by atoms with Gasteiger partial charge in [-0.3, -0.25) is 0 Å². The van der Waals surface area contributed by atoms with E-state index in [4.69, 9.17) is 24.5 Å². The molecule has 1 aromatic rings. The molecular weight excluding hydrogens is 388 g/mol. The molecule has 2 aliphatic rings. The van der Waals surface area contributed by atoms with Crippen LogP contribution in [0.2, 0.25) is 0 Å². The molecule has 1 heterocycles. The summed E-state index contributed by atoms with van der Waals surface area (Å²) in [4.78, 5) is 11.3. The fraction of sp³-hybridized carbons (Fsp3) is 0.500. The topological polar surface area (TPSA) is 80.0 Å². The zero-order chi connectivity index (χ0) is 22.3. The molecule has 1 aliphatic carbocycles. The molecule has 0 aromatic heterocycles. The second-order valence-electron chi connectivity index (χ2n) is 8.70. The van der Waals surface area contributed by atoms with Crippen LogP contribution in [0.25, 0.3) is 5.57 Å². The number of halogens is 1. The smallest absolute Gasteiger partial charge is 0.497 e. The molecule has 1 fully saturated rings. The number of nitrogens with two attached hydrogens (primary N) is 1. The van der Waals surface area contributed by atoms with Gasteiger partial charge in [0.25, 0.3) is 0 Å².